The predicted octanol–water partition coefficient (Wildman–Crippen LogP) is 3.05. The summed E-state index contributed by atoms with van der Waals surface area (Å²) >= 11 is 1.73. The Bertz CT molecular complexity index is 477. The Kier molecular flexibility index (Phi) is 3.86. The van der Waals surface area contributed by atoms with E-state index in [2.05, 4.69) is 24.1 Å². The molecule has 2 rings (SSSR count). The number of hydrogen-bond donors (Lipinski definition) is 1. The van der Waals surface area contributed by atoms with Crippen molar-refractivity contribution in [3.8, 4) is 10.7 Å². The summed E-state index contributed by atoms with van der Waals surface area (Å²) in [6.07, 6.45) is 1.81. The normalized spacial score (nSPS) is 11.1. The van der Waals surface area contributed by atoms with Gasteiger partial charge < -0.3 is 5.32 Å². The minimum atomic E-state index is 0.451. The highest BCUT2D eigenvalue weighted by molar-refractivity contribution is 7.15. The molecule has 0 aliphatic carbocycles. The van der Waals surface area contributed by atoms with E-state index >= 15 is 0 Å². The largest absolute Gasteiger partial charge is 0.315 e. The molecule has 0 unspecified atom stereocenters. The van der Waals surface area contributed by atoms with E-state index < -0.39 is 0 Å². The summed E-state index contributed by atoms with van der Waals surface area (Å²) in [6, 6.07) is 5.93. The molecule has 0 aromatic carbocycles. The Morgan fingerprint density at radius 2 is 2.18 bits per heavy atom. The molecular weight excluding hydrogens is 230 g/mol. The average molecular weight is 247 g/mol. The molecule has 0 aliphatic rings. The first-order valence-electron chi connectivity index (χ1n) is 5.78. The van der Waals surface area contributed by atoms with Crippen molar-refractivity contribution in [2.24, 2.45) is 0 Å². The fourth-order valence-electron chi connectivity index (χ4n) is 1.70. The van der Waals surface area contributed by atoms with Crippen LogP contribution in [0.4, 0.5) is 0 Å². The van der Waals surface area contributed by atoms with Crippen molar-refractivity contribution in [1.82, 2.24) is 15.3 Å². The molecule has 4 heteroatoms. The van der Waals surface area contributed by atoms with Crippen molar-refractivity contribution in [2.75, 3.05) is 7.05 Å². The highest BCUT2D eigenvalue weighted by Gasteiger charge is 2.14. The van der Waals surface area contributed by atoms with Gasteiger partial charge >= 0.3 is 0 Å². The molecular formula is C13H17N3S. The molecule has 0 bridgehead atoms. The lowest BCUT2D eigenvalue weighted by molar-refractivity contribution is 0.771. The average Bonchev–Trinajstić information content (AvgIpc) is 2.75. The molecule has 2 aromatic heterocycles. The van der Waals surface area contributed by atoms with Crippen LogP contribution in [0.25, 0.3) is 10.7 Å². The second kappa shape index (κ2) is 5.38. The van der Waals surface area contributed by atoms with Crippen LogP contribution < -0.4 is 5.32 Å². The van der Waals surface area contributed by atoms with Gasteiger partial charge in [0.05, 0.1) is 11.4 Å². The van der Waals surface area contributed by atoms with Crippen LogP contribution in [0, 0.1) is 0 Å². The van der Waals surface area contributed by atoms with E-state index in [4.69, 9.17) is 4.98 Å². The second-order valence-electron chi connectivity index (χ2n) is 4.23. The number of thiazole rings is 1. The van der Waals surface area contributed by atoms with Crippen molar-refractivity contribution in [3.05, 3.63) is 35.0 Å². The van der Waals surface area contributed by atoms with Gasteiger partial charge in [0.25, 0.3) is 0 Å². The number of nitrogens with one attached hydrogen (secondary N) is 1. The van der Waals surface area contributed by atoms with E-state index in [0.717, 1.165) is 17.2 Å². The number of hydrogen-bond acceptors (Lipinski definition) is 4. The minimum absolute atomic E-state index is 0.451. The van der Waals surface area contributed by atoms with Gasteiger partial charge in [-0.1, -0.05) is 19.9 Å². The maximum absolute atomic E-state index is 4.71. The third-order valence-electron chi connectivity index (χ3n) is 2.50. The first-order valence-corrected chi connectivity index (χ1v) is 6.59. The minimum Gasteiger partial charge on any atom is -0.315 e. The van der Waals surface area contributed by atoms with Gasteiger partial charge in [0.1, 0.15) is 5.01 Å². The highest BCUT2D eigenvalue weighted by Crippen LogP contribution is 2.30. The summed E-state index contributed by atoms with van der Waals surface area (Å²) in [4.78, 5) is 10.4. The van der Waals surface area contributed by atoms with E-state index in [-0.39, 0.29) is 0 Å². The topological polar surface area (TPSA) is 37.8 Å². The van der Waals surface area contributed by atoms with Crippen LogP contribution >= 0.6 is 11.3 Å². The fourth-order valence-corrected chi connectivity index (χ4v) is 2.91. The fraction of sp³-hybridized carbons (Fsp3) is 0.385. The van der Waals surface area contributed by atoms with Gasteiger partial charge in [0.2, 0.25) is 0 Å². The van der Waals surface area contributed by atoms with E-state index in [1.165, 1.54) is 10.6 Å². The van der Waals surface area contributed by atoms with Gasteiger partial charge in [-0.15, -0.1) is 11.3 Å². The van der Waals surface area contributed by atoms with Crippen LogP contribution in [-0.4, -0.2) is 17.0 Å². The summed E-state index contributed by atoms with van der Waals surface area (Å²) in [5.74, 6) is 0.451. The Hall–Kier alpha value is -1.26. The summed E-state index contributed by atoms with van der Waals surface area (Å²) in [6.45, 7) is 5.23. The molecule has 0 saturated heterocycles. The molecule has 0 atom stereocenters. The van der Waals surface area contributed by atoms with Crippen molar-refractivity contribution < 1.29 is 0 Å². The van der Waals surface area contributed by atoms with Gasteiger partial charge in [-0.3, -0.25) is 4.98 Å². The number of aromatic nitrogens is 2. The number of pyridine rings is 1. The summed E-state index contributed by atoms with van der Waals surface area (Å²) in [5.41, 5.74) is 2.15. The molecule has 0 saturated carbocycles. The summed E-state index contributed by atoms with van der Waals surface area (Å²) < 4.78 is 0. The highest BCUT2D eigenvalue weighted by atomic mass is 32.1. The molecule has 1 N–H and O–H groups in total. The van der Waals surface area contributed by atoms with Crippen LogP contribution in [0.2, 0.25) is 0 Å². The zero-order chi connectivity index (χ0) is 12.3. The smallest absolute Gasteiger partial charge is 0.142 e. The van der Waals surface area contributed by atoms with Crippen molar-refractivity contribution in [1.29, 1.82) is 0 Å². The quantitative estimate of drug-likeness (QED) is 0.902. The molecule has 0 aliphatic heterocycles. The SMILES string of the molecule is CNCc1sc(-c2ccccn2)nc1C(C)C. The molecule has 0 fully saturated rings. The van der Waals surface area contributed by atoms with Gasteiger partial charge in [0, 0.05) is 17.6 Å². The van der Waals surface area contributed by atoms with Crippen LogP contribution in [0.5, 0.6) is 0 Å². The maximum Gasteiger partial charge on any atom is 0.142 e. The standard InChI is InChI=1S/C13H17N3S/c1-9(2)12-11(8-14-3)17-13(16-12)10-6-4-5-7-15-10/h4-7,9,14H,8H2,1-3H3. The molecule has 2 aromatic rings. The van der Waals surface area contributed by atoms with E-state index in [1.807, 2.05) is 31.4 Å². The Labute approximate surface area is 106 Å². The van der Waals surface area contributed by atoms with Crippen molar-refractivity contribution in [2.45, 2.75) is 26.3 Å². The van der Waals surface area contributed by atoms with Gasteiger partial charge in [-0.2, -0.15) is 0 Å². The lowest BCUT2D eigenvalue weighted by atomic mass is 10.1. The van der Waals surface area contributed by atoms with E-state index in [0.29, 0.717) is 5.92 Å². The van der Waals surface area contributed by atoms with Gasteiger partial charge in [0.15, 0.2) is 0 Å². The molecule has 0 radical (unpaired) electrons. The Morgan fingerprint density at radius 1 is 1.35 bits per heavy atom. The zero-order valence-corrected chi connectivity index (χ0v) is 11.2. The van der Waals surface area contributed by atoms with Crippen LogP contribution in [-0.2, 0) is 6.54 Å². The zero-order valence-electron chi connectivity index (χ0n) is 10.4. The molecule has 3 nitrogen and oxygen atoms in total. The lowest BCUT2D eigenvalue weighted by Gasteiger charge is -2.03. The van der Waals surface area contributed by atoms with Crippen LogP contribution in [0.3, 0.4) is 0 Å². The van der Waals surface area contributed by atoms with Gasteiger partial charge in [-0.25, -0.2) is 4.98 Å². The van der Waals surface area contributed by atoms with Crippen LogP contribution in [0.15, 0.2) is 24.4 Å². The molecule has 2 heterocycles. The van der Waals surface area contributed by atoms with E-state index in [1.54, 1.807) is 11.3 Å². The monoisotopic (exact) mass is 247 g/mol. The first-order chi connectivity index (χ1) is 8.22. The molecule has 17 heavy (non-hydrogen) atoms. The molecule has 0 amide bonds. The predicted molar refractivity (Wildman–Crippen MR) is 72.2 cm³/mol. The van der Waals surface area contributed by atoms with Gasteiger partial charge in [-0.05, 0) is 25.1 Å². The van der Waals surface area contributed by atoms with Crippen LogP contribution in [0.1, 0.15) is 30.3 Å². The first kappa shape index (κ1) is 12.2. The summed E-state index contributed by atoms with van der Waals surface area (Å²) in [7, 11) is 1.96. The maximum atomic E-state index is 4.71. The molecule has 90 valence electrons. The lowest BCUT2D eigenvalue weighted by Crippen LogP contribution is -2.06. The van der Waals surface area contributed by atoms with E-state index in [9.17, 15) is 0 Å². The Balaban J connectivity index is 2.40. The molecule has 0 spiro atoms. The third kappa shape index (κ3) is 2.70. The third-order valence-corrected chi connectivity index (χ3v) is 3.59. The van der Waals surface area contributed by atoms with Crippen molar-refractivity contribution in [3.63, 3.8) is 0 Å². The number of rotatable bonds is 4. The van der Waals surface area contributed by atoms with Crippen molar-refractivity contribution >= 4 is 11.3 Å². The Morgan fingerprint density at radius 3 is 2.76 bits per heavy atom. The number of nitrogens with zero attached hydrogens (tertiary/aromatic N) is 2. The summed E-state index contributed by atoms with van der Waals surface area (Å²) in [5, 5.41) is 4.21. The second-order valence-corrected chi connectivity index (χ2v) is 5.31.